The molecular formula is C15H15N5O. The monoisotopic (exact) mass is 281 g/mol. The number of para-hydroxylation sites is 1. The lowest BCUT2D eigenvalue weighted by Gasteiger charge is -2.11. The van der Waals surface area contributed by atoms with Gasteiger partial charge < -0.3 is 15.8 Å². The molecule has 3 rings (SSSR count). The second-order valence-electron chi connectivity index (χ2n) is 4.49. The van der Waals surface area contributed by atoms with Crippen molar-refractivity contribution in [1.29, 1.82) is 0 Å². The summed E-state index contributed by atoms with van der Waals surface area (Å²) in [4.78, 5) is 12.5. The van der Waals surface area contributed by atoms with Crippen molar-refractivity contribution in [2.45, 2.75) is 6.54 Å². The van der Waals surface area contributed by atoms with E-state index in [0.717, 1.165) is 16.5 Å². The molecule has 3 aromatic rings. The predicted octanol–water partition coefficient (Wildman–Crippen LogP) is 2.23. The number of nitrogens with two attached hydrogens (primary N) is 1. The van der Waals surface area contributed by atoms with Crippen LogP contribution >= 0.6 is 0 Å². The number of fused-ring (bicyclic) bond motifs is 1. The Morgan fingerprint density at radius 3 is 2.86 bits per heavy atom. The number of nitrogen functional groups attached to an aromatic ring is 1. The number of pyridine rings is 1. The number of benzene rings is 1. The molecule has 0 fully saturated rings. The Kier molecular flexibility index (Phi) is 3.51. The Morgan fingerprint density at radius 2 is 2.00 bits per heavy atom. The maximum Gasteiger partial charge on any atom is 0.242 e. The van der Waals surface area contributed by atoms with E-state index >= 15 is 0 Å². The van der Waals surface area contributed by atoms with Gasteiger partial charge in [0.2, 0.25) is 5.88 Å². The molecule has 0 atom stereocenters. The summed E-state index contributed by atoms with van der Waals surface area (Å²) >= 11 is 0. The van der Waals surface area contributed by atoms with E-state index in [1.807, 2.05) is 30.3 Å². The van der Waals surface area contributed by atoms with Gasteiger partial charge in [-0.1, -0.05) is 24.3 Å². The first-order chi connectivity index (χ1) is 10.3. The summed E-state index contributed by atoms with van der Waals surface area (Å²) in [7, 11) is 1.52. The van der Waals surface area contributed by atoms with E-state index in [9.17, 15) is 0 Å². The van der Waals surface area contributed by atoms with Crippen molar-refractivity contribution >= 4 is 22.4 Å². The molecule has 6 heteroatoms. The van der Waals surface area contributed by atoms with Crippen molar-refractivity contribution in [1.82, 2.24) is 15.0 Å². The lowest BCUT2D eigenvalue weighted by atomic mass is 10.1. The minimum Gasteiger partial charge on any atom is -0.479 e. The first-order valence-electron chi connectivity index (χ1n) is 6.50. The SMILES string of the molecule is COc1ncnc(NCc2cccc3cccnc23)c1N. The van der Waals surface area contributed by atoms with Crippen LogP contribution in [0.3, 0.4) is 0 Å². The molecule has 0 aliphatic rings. The number of anilines is 2. The number of nitrogens with one attached hydrogen (secondary N) is 1. The van der Waals surface area contributed by atoms with E-state index in [-0.39, 0.29) is 0 Å². The minimum absolute atomic E-state index is 0.364. The molecule has 2 aromatic heterocycles. The zero-order valence-electron chi connectivity index (χ0n) is 11.6. The van der Waals surface area contributed by atoms with Crippen LogP contribution in [0.2, 0.25) is 0 Å². The molecule has 1 aromatic carbocycles. The van der Waals surface area contributed by atoms with Crippen molar-refractivity contribution in [3.63, 3.8) is 0 Å². The highest BCUT2D eigenvalue weighted by Crippen LogP contribution is 2.25. The van der Waals surface area contributed by atoms with Gasteiger partial charge in [0.05, 0.1) is 12.6 Å². The Hall–Kier alpha value is -2.89. The van der Waals surface area contributed by atoms with Gasteiger partial charge in [0.25, 0.3) is 0 Å². The molecule has 0 aliphatic heterocycles. The van der Waals surface area contributed by atoms with Gasteiger partial charge >= 0.3 is 0 Å². The molecule has 0 aliphatic carbocycles. The molecule has 0 saturated heterocycles. The quantitative estimate of drug-likeness (QED) is 0.762. The second kappa shape index (κ2) is 5.62. The van der Waals surface area contributed by atoms with Crippen molar-refractivity contribution in [3.05, 3.63) is 48.4 Å². The fourth-order valence-electron chi connectivity index (χ4n) is 2.17. The van der Waals surface area contributed by atoms with Crippen LogP contribution in [-0.4, -0.2) is 22.1 Å². The third kappa shape index (κ3) is 2.55. The molecular weight excluding hydrogens is 266 g/mol. The van der Waals surface area contributed by atoms with Gasteiger partial charge in [0.15, 0.2) is 5.82 Å². The van der Waals surface area contributed by atoms with Crippen molar-refractivity contribution < 1.29 is 4.74 Å². The van der Waals surface area contributed by atoms with Crippen LogP contribution in [0.25, 0.3) is 10.9 Å². The van der Waals surface area contributed by atoms with Crippen molar-refractivity contribution in [2.75, 3.05) is 18.2 Å². The van der Waals surface area contributed by atoms with Gasteiger partial charge in [-0.05, 0) is 11.6 Å². The van der Waals surface area contributed by atoms with Crippen LogP contribution < -0.4 is 15.8 Å². The van der Waals surface area contributed by atoms with Crippen LogP contribution in [-0.2, 0) is 6.54 Å². The smallest absolute Gasteiger partial charge is 0.242 e. The molecule has 21 heavy (non-hydrogen) atoms. The maximum atomic E-state index is 5.94. The normalized spacial score (nSPS) is 10.5. The summed E-state index contributed by atoms with van der Waals surface area (Å²) in [5.41, 5.74) is 8.38. The number of hydrogen-bond donors (Lipinski definition) is 2. The van der Waals surface area contributed by atoms with Gasteiger partial charge in [0.1, 0.15) is 12.0 Å². The first kappa shape index (κ1) is 13.1. The second-order valence-corrected chi connectivity index (χ2v) is 4.49. The standard InChI is InChI=1S/C15H15N5O/c1-21-15-12(16)14(19-9-20-15)18-8-11-5-2-4-10-6-3-7-17-13(10)11/h2-7,9H,8,16H2,1H3,(H,18,19,20). The topological polar surface area (TPSA) is 86.0 Å². The minimum atomic E-state index is 0.364. The third-order valence-electron chi connectivity index (χ3n) is 3.20. The number of nitrogens with zero attached hydrogens (tertiary/aromatic N) is 3. The zero-order valence-corrected chi connectivity index (χ0v) is 11.6. The molecule has 0 amide bonds. The summed E-state index contributed by atoms with van der Waals surface area (Å²) in [6.07, 6.45) is 3.20. The van der Waals surface area contributed by atoms with E-state index in [0.29, 0.717) is 23.9 Å². The lowest BCUT2D eigenvalue weighted by Crippen LogP contribution is -2.07. The maximum absolute atomic E-state index is 5.94. The average molecular weight is 281 g/mol. The number of ether oxygens (including phenoxy) is 1. The average Bonchev–Trinajstić information content (AvgIpc) is 2.54. The molecule has 0 spiro atoms. The number of aromatic nitrogens is 3. The van der Waals surface area contributed by atoms with E-state index in [1.54, 1.807) is 6.20 Å². The highest BCUT2D eigenvalue weighted by Gasteiger charge is 2.08. The predicted molar refractivity (Wildman–Crippen MR) is 82.1 cm³/mol. The van der Waals surface area contributed by atoms with Crippen molar-refractivity contribution in [2.24, 2.45) is 0 Å². The molecule has 3 N–H and O–H groups in total. The Morgan fingerprint density at radius 1 is 1.14 bits per heavy atom. The zero-order chi connectivity index (χ0) is 14.7. The fraction of sp³-hybridized carbons (Fsp3) is 0.133. The van der Waals surface area contributed by atoms with Crippen LogP contribution in [0.1, 0.15) is 5.56 Å². The van der Waals surface area contributed by atoms with Crippen molar-refractivity contribution in [3.8, 4) is 5.88 Å². The number of hydrogen-bond acceptors (Lipinski definition) is 6. The van der Waals surface area contributed by atoms with E-state index in [4.69, 9.17) is 10.5 Å². The van der Waals surface area contributed by atoms with Gasteiger partial charge in [-0.2, -0.15) is 4.98 Å². The van der Waals surface area contributed by atoms with Crippen LogP contribution in [0, 0.1) is 0 Å². The van der Waals surface area contributed by atoms with Crippen LogP contribution in [0.4, 0.5) is 11.5 Å². The van der Waals surface area contributed by atoms with Gasteiger partial charge in [0, 0.05) is 18.1 Å². The lowest BCUT2D eigenvalue weighted by molar-refractivity contribution is 0.399. The van der Waals surface area contributed by atoms with E-state index in [2.05, 4.69) is 20.3 Å². The number of rotatable bonds is 4. The number of methoxy groups -OCH3 is 1. The van der Waals surface area contributed by atoms with E-state index in [1.165, 1.54) is 13.4 Å². The van der Waals surface area contributed by atoms with Crippen LogP contribution in [0.5, 0.6) is 5.88 Å². The molecule has 106 valence electrons. The Bertz CT molecular complexity index is 770. The highest BCUT2D eigenvalue weighted by atomic mass is 16.5. The van der Waals surface area contributed by atoms with Crippen LogP contribution in [0.15, 0.2) is 42.9 Å². The van der Waals surface area contributed by atoms with Gasteiger partial charge in [-0.25, -0.2) is 4.98 Å². The highest BCUT2D eigenvalue weighted by molar-refractivity contribution is 5.81. The summed E-state index contributed by atoms with van der Waals surface area (Å²) < 4.78 is 5.08. The summed E-state index contributed by atoms with van der Waals surface area (Å²) in [5, 5.41) is 4.30. The molecule has 0 radical (unpaired) electrons. The summed E-state index contributed by atoms with van der Waals surface area (Å²) in [6.45, 7) is 0.568. The molecule has 0 unspecified atom stereocenters. The summed E-state index contributed by atoms with van der Waals surface area (Å²) in [6, 6.07) is 10.0. The van der Waals surface area contributed by atoms with Gasteiger partial charge in [-0.3, -0.25) is 4.98 Å². The Balaban J connectivity index is 1.87. The first-order valence-corrected chi connectivity index (χ1v) is 6.50. The molecule has 2 heterocycles. The molecule has 6 nitrogen and oxygen atoms in total. The molecule has 0 saturated carbocycles. The largest absolute Gasteiger partial charge is 0.479 e. The van der Waals surface area contributed by atoms with E-state index < -0.39 is 0 Å². The Labute approximate surface area is 122 Å². The molecule has 0 bridgehead atoms. The summed E-state index contributed by atoms with van der Waals surface area (Å²) in [5.74, 6) is 0.915. The van der Waals surface area contributed by atoms with Gasteiger partial charge in [-0.15, -0.1) is 0 Å². The third-order valence-corrected chi connectivity index (χ3v) is 3.20. The fourth-order valence-corrected chi connectivity index (χ4v) is 2.17.